The fourth-order valence-corrected chi connectivity index (χ4v) is 3.00. The molecule has 0 aliphatic carbocycles. The second-order valence-electron chi connectivity index (χ2n) is 7.26. The summed E-state index contributed by atoms with van der Waals surface area (Å²) >= 11 is 0. The Labute approximate surface area is 198 Å². The number of hydrogen-bond acceptors (Lipinski definition) is 7. The smallest absolute Gasteiger partial charge is 0.272 e. The Morgan fingerprint density at radius 1 is 0.800 bits per heavy atom. The molecule has 0 fully saturated rings. The summed E-state index contributed by atoms with van der Waals surface area (Å²) in [6, 6.07) is 16.4. The van der Waals surface area contributed by atoms with Gasteiger partial charge in [-0.3, -0.25) is 34.6 Å². The van der Waals surface area contributed by atoms with Crippen LogP contribution in [0.2, 0.25) is 0 Å². The van der Waals surface area contributed by atoms with Gasteiger partial charge in [0.15, 0.2) is 5.78 Å². The summed E-state index contributed by atoms with van der Waals surface area (Å²) in [4.78, 5) is 58.1. The van der Waals surface area contributed by atoms with Crippen molar-refractivity contribution in [3.8, 4) is 0 Å². The Morgan fingerprint density at radius 2 is 1.40 bits per heavy atom. The molecule has 0 aromatic heterocycles. The van der Waals surface area contributed by atoms with Gasteiger partial charge in [-0.2, -0.15) is 0 Å². The minimum absolute atomic E-state index is 0.0669. The van der Waals surface area contributed by atoms with E-state index < -0.39 is 21.7 Å². The van der Waals surface area contributed by atoms with E-state index in [0.717, 1.165) is 6.07 Å². The van der Waals surface area contributed by atoms with Gasteiger partial charge in [-0.15, -0.1) is 0 Å². The highest BCUT2D eigenvalue weighted by molar-refractivity contribution is 6.11. The summed E-state index contributed by atoms with van der Waals surface area (Å²) in [5.41, 5.74) is 0.167. The lowest BCUT2D eigenvalue weighted by Gasteiger charge is -2.12. The lowest BCUT2D eigenvalue weighted by Crippen LogP contribution is -2.30. The predicted molar refractivity (Wildman–Crippen MR) is 127 cm³/mol. The first-order valence-electron chi connectivity index (χ1n) is 10.1. The molecule has 0 atom stereocenters. The van der Waals surface area contributed by atoms with Crippen LogP contribution in [-0.4, -0.2) is 27.4 Å². The van der Waals surface area contributed by atoms with Crippen molar-refractivity contribution in [3.63, 3.8) is 0 Å². The molecule has 35 heavy (non-hydrogen) atoms. The first kappa shape index (κ1) is 24.5. The van der Waals surface area contributed by atoms with Crippen molar-refractivity contribution in [2.75, 3.05) is 5.32 Å². The van der Waals surface area contributed by atoms with Crippen LogP contribution in [0.25, 0.3) is 6.08 Å². The van der Waals surface area contributed by atoms with E-state index >= 15 is 0 Å². The topological polar surface area (TPSA) is 162 Å². The SMILES string of the molecule is CC(=O)c1ccc(NC(=O)/C(=C/c2cccc([N+](=O)[O-])c2)NC(=O)c2cccc([N+](=O)[O-])c2)cc1. The van der Waals surface area contributed by atoms with Gasteiger partial charge in [0.2, 0.25) is 0 Å². The first-order chi connectivity index (χ1) is 16.6. The highest BCUT2D eigenvalue weighted by Gasteiger charge is 2.18. The Bertz CT molecular complexity index is 1360. The molecule has 0 saturated carbocycles. The van der Waals surface area contributed by atoms with Crippen molar-refractivity contribution >= 4 is 40.7 Å². The normalized spacial score (nSPS) is 10.8. The van der Waals surface area contributed by atoms with Crippen LogP contribution in [0.4, 0.5) is 17.1 Å². The number of Topliss-reactive ketones (excluding diaryl/α,β-unsaturated/α-hetero) is 1. The highest BCUT2D eigenvalue weighted by Crippen LogP contribution is 2.18. The van der Waals surface area contributed by atoms with E-state index in [1.54, 1.807) is 0 Å². The maximum atomic E-state index is 13.0. The molecular weight excluding hydrogens is 456 g/mol. The Balaban J connectivity index is 1.94. The van der Waals surface area contributed by atoms with Crippen LogP contribution in [-0.2, 0) is 4.79 Å². The summed E-state index contributed by atoms with van der Waals surface area (Å²) in [5, 5.41) is 27.1. The average molecular weight is 474 g/mol. The number of hydrogen-bond donors (Lipinski definition) is 2. The molecule has 3 rings (SSSR count). The van der Waals surface area contributed by atoms with Crippen LogP contribution in [0.5, 0.6) is 0 Å². The van der Waals surface area contributed by atoms with Crippen molar-refractivity contribution in [1.82, 2.24) is 5.32 Å². The molecule has 0 spiro atoms. The van der Waals surface area contributed by atoms with Crippen LogP contribution in [0.15, 0.2) is 78.5 Å². The van der Waals surface area contributed by atoms with Gasteiger partial charge in [0.1, 0.15) is 5.70 Å². The van der Waals surface area contributed by atoms with Crippen molar-refractivity contribution < 1.29 is 24.2 Å². The lowest BCUT2D eigenvalue weighted by atomic mass is 10.1. The molecule has 11 heteroatoms. The molecule has 2 N–H and O–H groups in total. The number of carbonyl (C=O) groups is 3. The third kappa shape index (κ3) is 6.42. The first-order valence-corrected chi connectivity index (χ1v) is 10.1. The molecular formula is C24H18N4O7. The second kappa shape index (κ2) is 10.6. The van der Waals surface area contributed by atoms with Crippen molar-refractivity contribution in [2.45, 2.75) is 6.92 Å². The van der Waals surface area contributed by atoms with Gasteiger partial charge in [-0.05, 0) is 48.9 Å². The van der Waals surface area contributed by atoms with Crippen LogP contribution < -0.4 is 10.6 Å². The summed E-state index contributed by atoms with van der Waals surface area (Å²) in [6.07, 6.45) is 1.24. The fourth-order valence-electron chi connectivity index (χ4n) is 3.00. The molecule has 0 unspecified atom stereocenters. The van der Waals surface area contributed by atoms with E-state index in [4.69, 9.17) is 0 Å². The zero-order valence-corrected chi connectivity index (χ0v) is 18.3. The van der Waals surface area contributed by atoms with Gasteiger partial charge in [-0.25, -0.2) is 0 Å². The number of benzene rings is 3. The van der Waals surface area contributed by atoms with E-state index in [0.29, 0.717) is 11.3 Å². The second-order valence-corrected chi connectivity index (χ2v) is 7.26. The van der Waals surface area contributed by atoms with E-state index in [9.17, 15) is 34.6 Å². The van der Waals surface area contributed by atoms with Crippen molar-refractivity contribution in [3.05, 3.63) is 115 Å². The Morgan fingerprint density at radius 3 is 2.00 bits per heavy atom. The van der Waals surface area contributed by atoms with Gasteiger partial charge in [-0.1, -0.05) is 18.2 Å². The van der Waals surface area contributed by atoms with Gasteiger partial charge < -0.3 is 10.6 Å². The summed E-state index contributed by atoms with van der Waals surface area (Å²) < 4.78 is 0. The molecule has 3 aromatic carbocycles. The van der Waals surface area contributed by atoms with E-state index in [2.05, 4.69) is 10.6 Å². The van der Waals surface area contributed by atoms with Gasteiger partial charge in [0.05, 0.1) is 9.85 Å². The molecule has 0 radical (unpaired) electrons. The number of non-ortho nitro benzene ring substituents is 2. The Kier molecular flexibility index (Phi) is 7.42. The third-order valence-corrected chi connectivity index (χ3v) is 4.75. The number of carbonyl (C=O) groups excluding carboxylic acids is 3. The maximum Gasteiger partial charge on any atom is 0.272 e. The summed E-state index contributed by atoms with van der Waals surface area (Å²) in [7, 11) is 0. The van der Waals surface area contributed by atoms with Crippen LogP contribution in [0, 0.1) is 20.2 Å². The molecule has 11 nitrogen and oxygen atoms in total. The Hall–Kier alpha value is -5.19. The number of anilines is 1. The van der Waals surface area contributed by atoms with E-state index in [1.165, 1.54) is 79.7 Å². The highest BCUT2D eigenvalue weighted by atomic mass is 16.6. The fraction of sp³-hybridized carbons (Fsp3) is 0.0417. The molecule has 0 bridgehead atoms. The van der Waals surface area contributed by atoms with Crippen LogP contribution in [0.1, 0.15) is 33.2 Å². The predicted octanol–water partition coefficient (Wildman–Crippen LogP) is 4.12. The third-order valence-electron chi connectivity index (χ3n) is 4.75. The summed E-state index contributed by atoms with van der Waals surface area (Å²) in [5.74, 6) is -1.71. The molecule has 3 aromatic rings. The van der Waals surface area contributed by atoms with Gasteiger partial charge in [0.25, 0.3) is 23.2 Å². The molecule has 2 amide bonds. The summed E-state index contributed by atoms with van der Waals surface area (Å²) in [6.45, 7) is 1.40. The number of nitrogens with zero attached hydrogens (tertiary/aromatic N) is 2. The number of nitrogens with one attached hydrogen (secondary N) is 2. The maximum absolute atomic E-state index is 13.0. The minimum Gasteiger partial charge on any atom is -0.321 e. The zero-order chi connectivity index (χ0) is 25.5. The molecule has 0 saturated heterocycles. The molecule has 0 heterocycles. The van der Waals surface area contributed by atoms with Gasteiger partial charge >= 0.3 is 0 Å². The monoisotopic (exact) mass is 474 g/mol. The minimum atomic E-state index is -0.799. The van der Waals surface area contributed by atoms with Crippen molar-refractivity contribution in [1.29, 1.82) is 0 Å². The lowest BCUT2D eigenvalue weighted by molar-refractivity contribution is -0.385. The molecule has 176 valence electrons. The number of nitro groups is 2. The van der Waals surface area contributed by atoms with E-state index in [-0.39, 0.29) is 34.0 Å². The largest absolute Gasteiger partial charge is 0.321 e. The quantitative estimate of drug-likeness (QED) is 0.215. The van der Waals surface area contributed by atoms with Crippen molar-refractivity contribution in [2.24, 2.45) is 0 Å². The van der Waals surface area contributed by atoms with Gasteiger partial charge in [0, 0.05) is 41.1 Å². The number of amides is 2. The number of nitro benzene ring substituents is 2. The molecule has 0 aliphatic rings. The molecule has 0 aliphatic heterocycles. The number of ketones is 1. The average Bonchev–Trinajstić information content (AvgIpc) is 2.84. The number of rotatable bonds is 8. The van der Waals surface area contributed by atoms with Crippen LogP contribution >= 0.6 is 0 Å². The van der Waals surface area contributed by atoms with E-state index in [1.807, 2.05) is 0 Å². The standard InChI is InChI=1S/C24H18N4O7/c1-15(29)17-8-10-19(11-9-17)25-24(31)22(13-16-4-2-6-20(12-16)27(32)33)26-23(30)18-5-3-7-21(14-18)28(34)35/h2-14H,1H3,(H,25,31)(H,26,30)/b22-13-. The zero-order valence-electron chi connectivity index (χ0n) is 18.3. The van der Waals surface area contributed by atoms with Crippen LogP contribution in [0.3, 0.4) is 0 Å².